The van der Waals surface area contributed by atoms with Crippen molar-refractivity contribution in [3.8, 4) is 11.5 Å². The van der Waals surface area contributed by atoms with Crippen LogP contribution >= 0.6 is 11.6 Å². The molecule has 25 heavy (non-hydrogen) atoms. The van der Waals surface area contributed by atoms with E-state index >= 15 is 0 Å². The van der Waals surface area contributed by atoms with Gasteiger partial charge in [0.25, 0.3) is 5.91 Å². The van der Waals surface area contributed by atoms with E-state index in [9.17, 15) is 4.79 Å². The number of halogens is 1. The Kier molecular flexibility index (Phi) is 3.96. The van der Waals surface area contributed by atoms with E-state index in [-0.39, 0.29) is 5.91 Å². The Bertz CT molecular complexity index is 1060. The minimum Gasteiger partial charge on any atom is -0.436 e. The quantitative estimate of drug-likeness (QED) is 0.539. The molecule has 0 spiro atoms. The van der Waals surface area contributed by atoms with Gasteiger partial charge in [-0.1, -0.05) is 41.9 Å². The van der Waals surface area contributed by atoms with E-state index in [0.29, 0.717) is 38.8 Å². The molecule has 5 heteroatoms. The van der Waals surface area contributed by atoms with Gasteiger partial charge in [-0.25, -0.2) is 4.98 Å². The van der Waals surface area contributed by atoms with Crippen LogP contribution in [-0.2, 0) is 0 Å². The van der Waals surface area contributed by atoms with Gasteiger partial charge in [-0.15, -0.1) is 0 Å². The predicted octanol–water partition coefficient (Wildman–Crippen LogP) is 5.40. The molecule has 4 aromatic rings. The molecule has 1 aromatic heterocycles. The molecule has 0 aliphatic rings. The van der Waals surface area contributed by atoms with Crippen LogP contribution in [0.25, 0.3) is 22.6 Å². The SMILES string of the molecule is O=C(Nc1ccccc1-c1nc2cc(Cl)ccc2o1)c1ccccc1. The third-order valence-electron chi connectivity index (χ3n) is 3.79. The minimum absolute atomic E-state index is 0.188. The number of para-hydroxylation sites is 1. The van der Waals surface area contributed by atoms with E-state index in [1.165, 1.54) is 0 Å². The van der Waals surface area contributed by atoms with Crippen molar-refractivity contribution >= 4 is 34.3 Å². The number of carbonyl (C=O) groups excluding carboxylic acids is 1. The molecule has 0 radical (unpaired) electrons. The van der Waals surface area contributed by atoms with Crippen molar-refractivity contribution in [3.63, 3.8) is 0 Å². The number of nitrogens with zero attached hydrogens (tertiary/aromatic N) is 1. The number of hydrogen-bond acceptors (Lipinski definition) is 3. The lowest BCUT2D eigenvalue weighted by Gasteiger charge is -2.08. The Morgan fingerprint density at radius 1 is 0.960 bits per heavy atom. The van der Waals surface area contributed by atoms with Crippen LogP contribution in [0.3, 0.4) is 0 Å². The van der Waals surface area contributed by atoms with Crippen LogP contribution in [0, 0.1) is 0 Å². The number of aromatic nitrogens is 1. The molecular weight excluding hydrogens is 336 g/mol. The van der Waals surface area contributed by atoms with Crippen molar-refractivity contribution in [2.24, 2.45) is 0 Å². The van der Waals surface area contributed by atoms with Crippen LogP contribution in [0.4, 0.5) is 5.69 Å². The third kappa shape index (κ3) is 3.12. The molecule has 4 rings (SSSR count). The smallest absolute Gasteiger partial charge is 0.255 e. The highest BCUT2D eigenvalue weighted by Gasteiger charge is 2.14. The molecule has 0 saturated heterocycles. The van der Waals surface area contributed by atoms with Crippen LogP contribution in [-0.4, -0.2) is 10.9 Å². The molecule has 0 aliphatic heterocycles. The Morgan fingerprint density at radius 3 is 2.56 bits per heavy atom. The zero-order chi connectivity index (χ0) is 17.2. The Balaban J connectivity index is 1.72. The molecule has 0 saturated carbocycles. The molecule has 1 heterocycles. The summed E-state index contributed by atoms with van der Waals surface area (Å²) in [4.78, 5) is 16.9. The molecule has 0 unspecified atom stereocenters. The molecule has 0 atom stereocenters. The monoisotopic (exact) mass is 348 g/mol. The molecule has 122 valence electrons. The average Bonchev–Trinajstić information content (AvgIpc) is 3.06. The third-order valence-corrected chi connectivity index (χ3v) is 4.03. The topological polar surface area (TPSA) is 55.1 Å². The highest BCUT2D eigenvalue weighted by Crippen LogP contribution is 2.31. The van der Waals surface area contributed by atoms with Crippen LogP contribution in [0.2, 0.25) is 5.02 Å². The van der Waals surface area contributed by atoms with E-state index in [1.807, 2.05) is 42.5 Å². The first kappa shape index (κ1) is 15.4. The fourth-order valence-electron chi connectivity index (χ4n) is 2.58. The number of amides is 1. The normalized spacial score (nSPS) is 10.8. The Morgan fingerprint density at radius 2 is 1.72 bits per heavy atom. The number of oxazole rings is 1. The zero-order valence-electron chi connectivity index (χ0n) is 13.1. The fourth-order valence-corrected chi connectivity index (χ4v) is 2.74. The number of fused-ring (bicyclic) bond motifs is 1. The van der Waals surface area contributed by atoms with Gasteiger partial charge in [0, 0.05) is 10.6 Å². The van der Waals surface area contributed by atoms with Crippen molar-refractivity contribution < 1.29 is 9.21 Å². The summed E-state index contributed by atoms with van der Waals surface area (Å²) >= 11 is 6.00. The molecule has 1 N–H and O–H groups in total. The molecular formula is C20H13ClN2O2. The van der Waals surface area contributed by atoms with Gasteiger partial charge < -0.3 is 9.73 Å². The Hall–Kier alpha value is -3.11. The summed E-state index contributed by atoms with van der Waals surface area (Å²) in [6, 6.07) is 21.7. The van der Waals surface area contributed by atoms with E-state index in [2.05, 4.69) is 10.3 Å². The van der Waals surface area contributed by atoms with Crippen molar-refractivity contribution in [1.82, 2.24) is 4.98 Å². The summed E-state index contributed by atoms with van der Waals surface area (Å²) in [5, 5.41) is 3.51. The van der Waals surface area contributed by atoms with Crippen LogP contribution < -0.4 is 5.32 Å². The lowest BCUT2D eigenvalue weighted by atomic mass is 10.1. The standard InChI is InChI=1S/C20H13ClN2O2/c21-14-10-11-18-17(12-14)23-20(25-18)15-8-4-5-9-16(15)22-19(24)13-6-2-1-3-7-13/h1-12H,(H,22,24). The summed E-state index contributed by atoms with van der Waals surface area (Å²) in [7, 11) is 0. The number of nitrogens with one attached hydrogen (secondary N) is 1. The molecule has 3 aromatic carbocycles. The van der Waals surface area contributed by atoms with E-state index in [4.69, 9.17) is 16.0 Å². The first-order chi connectivity index (χ1) is 12.2. The highest BCUT2D eigenvalue weighted by atomic mass is 35.5. The van der Waals surface area contributed by atoms with Crippen molar-refractivity contribution in [2.75, 3.05) is 5.32 Å². The van der Waals surface area contributed by atoms with Gasteiger partial charge in [0.05, 0.1) is 11.3 Å². The number of anilines is 1. The van der Waals surface area contributed by atoms with Gasteiger partial charge >= 0.3 is 0 Å². The van der Waals surface area contributed by atoms with Gasteiger partial charge in [-0.2, -0.15) is 0 Å². The van der Waals surface area contributed by atoms with Crippen molar-refractivity contribution in [3.05, 3.63) is 83.4 Å². The maximum Gasteiger partial charge on any atom is 0.255 e. The van der Waals surface area contributed by atoms with Crippen LogP contribution in [0.5, 0.6) is 0 Å². The summed E-state index contributed by atoms with van der Waals surface area (Å²) in [6.45, 7) is 0. The fraction of sp³-hybridized carbons (Fsp3) is 0. The second kappa shape index (κ2) is 6.42. The number of rotatable bonds is 3. The van der Waals surface area contributed by atoms with Gasteiger partial charge in [-0.05, 0) is 42.5 Å². The second-order valence-corrected chi connectivity index (χ2v) is 5.93. The highest BCUT2D eigenvalue weighted by molar-refractivity contribution is 6.31. The first-order valence-corrected chi connectivity index (χ1v) is 8.10. The summed E-state index contributed by atoms with van der Waals surface area (Å²) in [5.74, 6) is 0.244. The summed E-state index contributed by atoms with van der Waals surface area (Å²) < 4.78 is 5.82. The van der Waals surface area contributed by atoms with Gasteiger partial charge in [0.2, 0.25) is 5.89 Å². The van der Waals surface area contributed by atoms with E-state index in [1.54, 1.807) is 30.3 Å². The van der Waals surface area contributed by atoms with Crippen LogP contribution in [0.1, 0.15) is 10.4 Å². The van der Waals surface area contributed by atoms with E-state index in [0.717, 1.165) is 0 Å². The van der Waals surface area contributed by atoms with Gasteiger partial charge in [-0.3, -0.25) is 4.79 Å². The molecule has 0 bridgehead atoms. The van der Waals surface area contributed by atoms with Gasteiger partial charge in [0.1, 0.15) is 5.52 Å². The average molecular weight is 349 g/mol. The maximum atomic E-state index is 12.4. The maximum absolute atomic E-state index is 12.4. The van der Waals surface area contributed by atoms with E-state index < -0.39 is 0 Å². The van der Waals surface area contributed by atoms with Crippen molar-refractivity contribution in [1.29, 1.82) is 0 Å². The second-order valence-electron chi connectivity index (χ2n) is 5.50. The largest absolute Gasteiger partial charge is 0.436 e. The van der Waals surface area contributed by atoms with Crippen molar-refractivity contribution in [2.45, 2.75) is 0 Å². The first-order valence-electron chi connectivity index (χ1n) is 7.72. The lowest BCUT2D eigenvalue weighted by molar-refractivity contribution is 0.102. The lowest BCUT2D eigenvalue weighted by Crippen LogP contribution is -2.12. The number of carbonyl (C=O) groups is 1. The molecule has 1 amide bonds. The summed E-state index contributed by atoms with van der Waals surface area (Å²) in [5.41, 5.74) is 3.24. The Labute approximate surface area is 149 Å². The summed E-state index contributed by atoms with van der Waals surface area (Å²) in [6.07, 6.45) is 0. The minimum atomic E-state index is -0.188. The van der Waals surface area contributed by atoms with Gasteiger partial charge in [0.15, 0.2) is 5.58 Å². The molecule has 0 fully saturated rings. The molecule has 4 nitrogen and oxygen atoms in total. The van der Waals surface area contributed by atoms with Crippen LogP contribution in [0.15, 0.2) is 77.2 Å². The predicted molar refractivity (Wildman–Crippen MR) is 98.9 cm³/mol. The number of hydrogen-bond donors (Lipinski definition) is 1. The zero-order valence-corrected chi connectivity index (χ0v) is 13.8. The molecule has 0 aliphatic carbocycles. The number of benzene rings is 3.